The minimum atomic E-state index is -0.202. The number of phenolic OH excluding ortho intramolecular Hbond substituents is 1. The Morgan fingerprint density at radius 3 is 2.09 bits per heavy atom. The lowest BCUT2D eigenvalue weighted by molar-refractivity contribution is 0.112. The molecule has 1 heterocycles. The summed E-state index contributed by atoms with van der Waals surface area (Å²) in [6.07, 6.45) is 0.557. The summed E-state index contributed by atoms with van der Waals surface area (Å²) < 4.78 is 7.92. The van der Waals surface area contributed by atoms with Gasteiger partial charge in [-0.15, -0.1) is 0 Å². The molecule has 2 aromatic rings. The molecular weight excluding hydrogens is 954 g/mol. The molecule has 0 aromatic heterocycles. The van der Waals surface area contributed by atoms with Gasteiger partial charge in [-0.2, -0.15) is 0 Å². The number of carbonyl (C=O) groups excluding carboxylic acids is 1. The van der Waals surface area contributed by atoms with Gasteiger partial charge in [0.1, 0.15) is 9.32 Å². The van der Waals surface area contributed by atoms with Crippen LogP contribution in [-0.2, 0) is 0 Å². The van der Waals surface area contributed by atoms with Crippen LogP contribution >= 0.6 is 137 Å². The van der Waals surface area contributed by atoms with Gasteiger partial charge in [0.15, 0.2) is 17.6 Å². The third-order valence-corrected chi connectivity index (χ3v) is 10.1. The van der Waals surface area contributed by atoms with E-state index in [1.807, 2.05) is 90.4 Å². The molecule has 32 heavy (non-hydrogen) atoms. The van der Waals surface area contributed by atoms with Gasteiger partial charge in [-0.05, 0) is 102 Å². The highest BCUT2D eigenvalue weighted by Crippen LogP contribution is 2.52. The topological polar surface area (TPSA) is 67.5 Å². The number of rotatable bonds is 2. The fourth-order valence-electron chi connectivity index (χ4n) is 3.27. The van der Waals surface area contributed by atoms with Crippen molar-refractivity contribution in [3.05, 3.63) is 62.3 Å². The van der Waals surface area contributed by atoms with Crippen molar-refractivity contribution in [2.24, 2.45) is 0 Å². The standard InChI is InChI=1S/C20H4Cl4I4O4/c21-11-6(3-29)10(12(22)14(24)13(11)23)9-4-1-7(25)17(30)15(27)19(4)32-20-5(9)2-8(26)18(31)16(20)28/h1-3,30H. The fraction of sp³-hybridized carbons (Fsp3) is 0. The third-order valence-electron chi connectivity index (χ3n) is 4.69. The van der Waals surface area contributed by atoms with Crippen molar-refractivity contribution in [3.8, 4) is 28.2 Å². The van der Waals surface area contributed by atoms with Gasteiger partial charge in [0, 0.05) is 27.6 Å². The van der Waals surface area contributed by atoms with Crippen molar-refractivity contribution >= 4 is 154 Å². The first-order chi connectivity index (χ1) is 15.0. The van der Waals surface area contributed by atoms with Crippen LogP contribution in [0, 0.1) is 14.3 Å². The second-order valence-electron chi connectivity index (χ2n) is 6.42. The van der Waals surface area contributed by atoms with Crippen LogP contribution in [0.3, 0.4) is 0 Å². The number of phenols is 1. The smallest absolute Gasteiger partial charge is 0.209 e. The summed E-state index contributed by atoms with van der Waals surface area (Å²) in [7, 11) is 0. The number of benzene rings is 3. The maximum atomic E-state index is 12.6. The van der Waals surface area contributed by atoms with Gasteiger partial charge in [0.05, 0.1) is 30.8 Å². The van der Waals surface area contributed by atoms with E-state index in [1.54, 1.807) is 12.1 Å². The first kappa shape index (κ1) is 25.8. The van der Waals surface area contributed by atoms with E-state index < -0.39 is 0 Å². The molecule has 0 saturated carbocycles. The Bertz CT molecular complexity index is 1520. The van der Waals surface area contributed by atoms with E-state index in [4.69, 9.17) is 50.8 Å². The van der Waals surface area contributed by atoms with Gasteiger partial charge < -0.3 is 9.52 Å². The van der Waals surface area contributed by atoms with E-state index in [-0.39, 0.29) is 48.2 Å². The summed E-state index contributed by atoms with van der Waals surface area (Å²) >= 11 is 33.4. The first-order valence-corrected chi connectivity index (χ1v) is 14.1. The normalized spacial score (nSPS) is 11.5. The number of hydrogen-bond donors (Lipinski definition) is 1. The Morgan fingerprint density at radius 2 is 1.47 bits per heavy atom. The number of carbonyl (C=O) groups is 1. The number of aromatic hydroxyl groups is 1. The minimum absolute atomic E-state index is 0.00552. The highest BCUT2D eigenvalue weighted by molar-refractivity contribution is 14.1. The molecule has 12 heteroatoms. The van der Waals surface area contributed by atoms with E-state index in [1.165, 1.54) is 0 Å². The van der Waals surface area contributed by atoms with Crippen LogP contribution in [0.25, 0.3) is 33.4 Å². The van der Waals surface area contributed by atoms with Crippen molar-refractivity contribution < 1.29 is 14.3 Å². The van der Waals surface area contributed by atoms with Crippen LogP contribution in [-0.4, -0.2) is 11.4 Å². The second-order valence-corrected chi connectivity index (χ2v) is 12.4. The maximum absolute atomic E-state index is 12.6. The molecule has 0 amide bonds. The summed E-state index contributed by atoms with van der Waals surface area (Å²) in [6, 6.07) is 3.37. The van der Waals surface area contributed by atoms with Crippen LogP contribution in [0.2, 0.25) is 20.1 Å². The Balaban J connectivity index is 2.41. The Labute approximate surface area is 255 Å². The number of fused-ring (bicyclic) bond motifs is 2. The summed E-state index contributed by atoms with van der Waals surface area (Å²) in [6.45, 7) is 0. The van der Waals surface area contributed by atoms with Gasteiger partial charge in [-0.3, -0.25) is 9.59 Å². The third kappa shape index (κ3) is 3.95. The molecule has 4 nitrogen and oxygen atoms in total. The van der Waals surface area contributed by atoms with E-state index >= 15 is 0 Å². The summed E-state index contributed by atoms with van der Waals surface area (Å²) in [5.74, 6) is 0.316. The summed E-state index contributed by atoms with van der Waals surface area (Å²) in [5, 5.41) is 11.0. The molecule has 4 rings (SSSR count). The largest absolute Gasteiger partial charge is 0.506 e. The highest BCUT2D eigenvalue weighted by Gasteiger charge is 2.30. The molecule has 0 atom stereocenters. The van der Waals surface area contributed by atoms with Crippen LogP contribution < -0.4 is 5.43 Å². The molecule has 1 aliphatic carbocycles. The van der Waals surface area contributed by atoms with Gasteiger partial charge in [0.25, 0.3) is 0 Å². The SMILES string of the molecule is O=Cc1c(Cl)c(Cl)c(Cl)c(Cl)c1-c1c2cc(I)c(=O)c(I)c-2oc2c(I)c(O)c(I)cc12. The highest BCUT2D eigenvalue weighted by atomic mass is 127. The molecular formula is C20H4Cl4I4O4. The zero-order valence-corrected chi connectivity index (χ0v) is 26.6. The van der Waals surface area contributed by atoms with Crippen molar-refractivity contribution in [2.75, 3.05) is 0 Å². The predicted octanol–water partition coefficient (Wildman–Crippen LogP) is 9.11. The Morgan fingerprint density at radius 1 is 0.844 bits per heavy atom. The Hall–Kier alpha value is 0.680. The van der Waals surface area contributed by atoms with Gasteiger partial charge in [0.2, 0.25) is 5.43 Å². The van der Waals surface area contributed by atoms with Crippen molar-refractivity contribution in [1.82, 2.24) is 0 Å². The molecule has 0 radical (unpaired) electrons. The van der Waals surface area contributed by atoms with Crippen LogP contribution in [0.1, 0.15) is 10.4 Å². The molecule has 0 spiro atoms. The Kier molecular flexibility index (Phi) is 7.74. The summed E-state index contributed by atoms with van der Waals surface area (Å²) in [5.41, 5.74) is 1.44. The first-order valence-electron chi connectivity index (χ1n) is 8.28. The van der Waals surface area contributed by atoms with E-state index in [2.05, 4.69) is 0 Å². The lowest BCUT2D eigenvalue weighted by Gasteiger charge is -2.21. The number of hydrogen-bond acceptors (Lipinski definition) is 4. The number of halogens is 8. The molecule has 1 N–H and O–H groups in total. The summed E-state index contributed by atoms with van der Waals surface area (Å²) in [4.78, 5) is 24.8. The second kappa shape index (κ2) is 9.62. The monoisotopic (exact) mass is 956 g/mol. The lowest BCUT2D eigenvalue weighted by atomic mass is 9.91. The van der Waals surface area contributed by atoms with Crippen LogP contribution in [0.15, 0.2) is 21.3 Å². The van der Waals surface area contributed by atoms with E-state index in [9.17, 15) is 14.7 Å². The molecule has 0 unspecified atom stereocenters. The molecule has 2 aliphatic rings. The van der Waals surface area contributed by atoms with Crippen molar-refractivity contribution in [2.45, 2.75) is 0 Å². The van der Waals surface area contributed by atoms with E-state index in [0.717, 1.165) is 0 Å². The molecule has 0 saturated heterocycles. The average molecular weight is 958 g/mol. The molecule has 2 aromatic carbocycles. The van der Waals surface area contributed by atoms with Crippen LogP contribution in [0.4, 0.5) is 0 Å². The van der Waals surface area contributed by atoms with Gasteiger partial charge >= 0.3 is 0 Å². The molecule has 164 valence electrons. The zero-order valence-electron chi connectivity index (χ0n) is 14.9. The quantitative estimate of drug-likeness (QED) is 0.0717. The van der Waals surface area contributed by atoms with Crippen LogP contribution in [0.5, 0.6) is 5.75 Å². The fourth-order valence-corrected chi connectivity index (χ4v) is 7.85. The minimum Gasteiger partial charge on any atom is -0.506 e. The molecule has 1 aliphatic heterocycles. The van der Waals surface area contributed by atoms with E-state index in [0.29, 0.717) is 42.7 Å². The maximum Gasteiger partial charge on any atom is 0.209 e. The number of aldehydes is 1. The zero-order chi connectivity index (χ0) is 23.6. The van der Waals surface area contributed by atoms with Gasteiger partial charge in [-0.1, -0.05) is 46.4 Å². The average Bonchev–Trinajstić information content (AvgIpc) is 2.76. The molecule has 0 bridgehead atoms. The molecule has 0 fully saturated rings. The lowest BCUT2D eigenvalue weighted by Crippen LogP contribution is -2.12. The predicted molar refractivity (Wildman–Crippen MR) is 163 cm³/mol. The van der Waals surface area contributed by atoms with Crippen molar-refractivity contribution in [3.63, 3.8) is 0 Å². The van der Waals surface area contributed by atoms with Gasteiger partial charge in [-0.25, -0.2) is 0 Å². The van der Waals surface area contributed by atoms with Crippen molar-refractivity contribution in [1.29, 1.82) is 0 Å².